The van der Waals surface area contributed by atoms with Crippen molar-refractivity contribution in [2.24, 2.45) is 0 Å². The lowest BCUT2D eigenvalue weighted by atomic mass is 10.1. The number of aryl methyl sites for hydroxylation is 1. The van der Waals surface area contributed by atoms with Crippen LogP contribution in [0.2, 0.25) is 0 Å². The molecule has 0 amide bonds. The highest BCUT2D eigenvalue weighted by Crippen LogP contribution is 2.47. The summed E-state index contributed by atoms with van der Waals surface area (Å²) in [5.41, 5.74) is 2.85. The highest BCUT2D eigenvalue weighted by atomic mass is 32.1. The van der Waals surface area contributed by atoms with Crippen molar-refractivity contribution in [3.05, 3.63) is 77.9 Å². The molecule has 0 atom stereocenters. The minimum absolute atomic E-state index is 0.199. The molecule has 0 saturated heterocycles. The number of aldehydes is 1. The van der Waals surface area contributed by atoms with Crippen molar-refractivity contribution < 1.29 is 19.7 Å². The average molecular weight is 402 g/mol. The molecule has 0 radical (unpaired) electrons. The van der Waals surface area contributed by atoms with Crippen molar-refractivity contribution in [1.29, 1.82) is 0 Å². The lowest BCUT2D eigenvalue weighted by molar-refractivity contribution is -0.104. The summed E-state index contributed by atoms with van der Waals surface area (Å²) >= 11 is 1.52. The van der Waals surface area contributed by atoms with Crippen LogP contribution in [0.4, 0.5) is 0 Å². The molecule has 1 heterocycles. The Hall–Kier alpha value is -3.57. The maximum absolute atomic E-state index is 10.6. The number of ether oxygens (including phenoxy) is 1. The molecule has 0 aliphatic heterocycles. The van der Waals surface area contributed by atoms with Gasteiger partial charge in [0.25, 0.3) is 0 Å². The van der Waals surface area contributed by atoms with Crippen LogP contribution in [0.15, 0.2) is 66.7 Å². The van der Waals surface area contributed by atoms with Gasteiger partial charge in [0.05, 0.1) is 4.88 Å². The molecular formula is C24H18O4S. The first-order valence-electron chi connectivity index (χ1n) is 9.00. The zero-order valence-electron chi connectivity index (χ0n) is 15.6. The van der Waals surface area contributed by atoms with Crippen LogP contribution in [0.5, 0.6) is 23.0 Å². The first-order chi connectivity index (χ1) is 14.0. The number of rotatable bonds is 5. The summed E-state index contributed by atoms with van der Waals surface area (Å²) in [6, 6.07) is 17.8. The van der Waals surface area contributed by atoms with Crippen LogP contribution in [0.1, 0.15) is 11.1 Å². The third-order valence-corrected chi connectivity index (χ3v) is 5.76. The Morgan fingerprint density at radius 3 is 2.41 bits per heavy atom. The first kappa shape index (κ1) is 18.8. The number of allylic oxidation sites excluding steroid dienone is 1. The Balaban J connectivity index is 1.81. The molecule has 3 aromatic carbocycles. The Labute approximate surface area is 172 Å². The lowest BCUT2D eigenvalue weighted by Crippen LogP contribution is -1.88. The molecule has 0 aliphatic rings. The summed E-state index contributed by atoms with van der Waals surface area (Å²) in [4.78, 5) is 11.5. The molecule has 0 spiro atoms. The van der Waals surface area contributed by atoms with Crippen LogP contribution >= 0.6 is 11.3 Å². The number of hydrogen-bond donors (Lipinski definition) is 2. The van der Waals surface area contributed by atoms with Gasteiger partial charge in [-0.25, -0.2) is 0 Å². The zero-order chi connectivity index (χ0) is 20.4. The molecule has 29 heavy (non-hydrogen) atoms. The second-order valence-electron chi connectivity index (χ2n) is 6.60. The predicted octanol–water partition coefficient (Wildman–Crippen LogP) is 6.29. The molecule has 0 unspecified atom stereocenters. The monoisotopic (exact) mass is 402 g/mol. The van der Waals surface area contributed by atoms with Gasteiger partial charge in [-0.2, -0.15) is 0 Å². The van der Waals surface area contributed by atoms with E-state index in [1.807, 2.05) is 43.3 Å². The number of carbonyl (C=O) groups is 1. The van der Waals surface area contributed by atoms with E-state index in [0.717, 1.165) is 37.9 Å². The second kappa shape index (κ2) is 7.81. The van der Waals surface area contributed by atoms with Gasteiger partial charge in [-0.05, 0) is 84.3 Å². The van der Waals surface area contributed by atoms with Gasteiger partial charge in [0.2, 0.25) is 0 Å². The van der Waals surface area contributed by atoms with Crippen molar-refractivity contribution in [1.82, 2.24) is 0 Å². The van der Waals surface area contributed by atoms with E-state index in [2.05, 4.69) is 0 Å². The summed E-state index contributed by atoms with van der Waals surface area (Å²) in [7, 11) is 0. The van der Waals surface area contributed by atoms with Crippen LogP contribution in [-0.4, -0.2) is 16.5 Å². The number of hydrogen-bond acceptors (Lipinski definition) is 5. The van der Waals surface area contributed by atoms with Gasteiger partial charge in [-0.15, -0.1) is 11.3 Å². The van der Waals surface area contributed by atoms with Crippen LogP contribution in [-0.2, 0) is 4.79 Å². The second-order valence-corrected chi connectivity index (χ2v) is 7.66. The van der Waals surface area contributed by atoms with Crippen molar-refractivity contribution in [2.45, 2.75) is 6.92 Å². The molecule has 5 heteroatoms. The molecule has 4 nitrogen and oxygen atoms in total. The molecule has 0 saturated carbocycles. The van der Waals surface area contributed by atoms with Crippen molar-refractivity contribution in [3.63, 3.8) is 0 Å². The Kier molecular flexibility index (Phi) is 5.06. The van der Waals surface area contributed by atoms with Gasteiger partial charge < -0.3 is 14.9 Å². The molecule has 1 aromatic heterocycles. The van der Waals surface area contributed by atoms with E-state index in [1.165, 1.54) is 17.4 Å². The molecule has 0 bridgehead atoms. The summed E-state index contributed by atoms with van der Waals surface area (Å²) in [5, 5.41) is 20.4. The van der Waals surface area contributed by atoms with E-state index in [0.29, 0.717) is 11.5 Å². The Morgan fingerprint density at radius 1 is 0.931 bits per heavy atom. The summed E-state index contributed by atoms with van der Waals surface area (Å²) in [6.45, 7) is 1.96. The lowest BCUT2D eigenvalue weighted by Gasteiger charge is -2.10. The van der Waals surface area contributed by atoms with Crippen LogP contribution in [0.25, 0.3) is 26.6 Å². The topological polar surface area (TPSA) is 66.8 Å². The number of phenols is 2. The first-order valence-corrected chi connectivity index (χ1v) is 9.82. The van der Waals surface area contributed by atoms with Gasteiger partial charge in [-0.1, -0.05) is 12.1 Å². The largest absolute Gasteiger partial charge is 0.508 e. The summed E-state index contributed by atoms with van der Waals surface area (Å²) < 4.78 is 7.21. The maximum Gasteiger partial charge on any atom is 0.153 e. The number of carbonyl (C=O) groups excluding carboxylic acids is 1. The molecule has 4 rings (SSSR count). The fraction of sp³-hybridized carbons (Fsp3) is 0.0417. The standard InChI is InChI=1S/C24H18O4S/c1-15-13-20(10-6-16(15)3-2-12-25)28-23-21-11-9-19(27)14-22(21)29-24(23)17-4-7-18(26)8-5-17/h2-14,26-27H,1H3. The highest BCUT2D eigenvalue weighted by molar-refractivity contribution is 7.22. The average Bonchev–Trinajstić information content (AvgIpc) is 3.05. The van der Waals surface area contributed by atoms with E-state index in [1.54, 1.807) is 30.3 Å². The minimum Gasteiger partial charge on any atom is -0.508 e. The molecular weight excluding hydrogens is 384 g/mol. The molecule has 4 aromatic rings. The number of thiophene rings is 1. The van der Waals surface area contributed by atoms with E-state index in [4.69, 9.17) is 4.74 Å². The molecule has 2 N–H and O–H groups in total. The smallest absolute Gasteiger partial charge is 0.153 e. The number of fused-ring (bicyclic) bond motifs is 1. The Morgan fingerprint density at radius 2 is 1.69 bits per heavy atom. The molecule has 0 aliphatic carbocycles. The van der Waals surface area contributed by atoms with Gasteiger partial charge in [0, 0.05) is 10.1 Å². The van der Waals surface area contributed by atoms with Gasteiger partial charge in [0.1, 0.15) is 23.5 Å². The normalized spacial score (nSPS) is 11.2. The summed E-state index contributed by atoms with van der Waals surface area (Å²) in [6.07, 6.45) is 3.97. The SMILES string of the molecule is Cc1cc(Oc2c(-c3ccc(O)cc3)sc3cc(O)ccc23)ccc1C=CC=O. The molecule has 0 fully saturated rings. The van der Waals surface area contributed by atoms with Gasteiger partial charge in [0.15, 0.2) is 5.75 Å². The third kappa shape index (κ3) is 3.86. The quantitative estimate of drug-likeness (QED) is 0.304. The van der Waals surface area contributed by atoms with Crippen molar-refractivity contribution >= 4 is 33.8 Å². The fourth-order valence-electron chi connectivity index (χ4n) is 3.13. The van der Waals surface area contributed by atoms with E-state index < -0.39 is 0 Å². The third-order valence-electron chi connectivity index (χ3n) is 4.57. The van der Waals surface area contributed by atoms with Crippen LogP contribution in [0, 0.1) is 6.92 Å². The van der Waals surface area contributed by atoms with E-state index >= 15 is 0 Å². The van der Waals surface area contributed by atoms with Crippen LogP contribution < -0.4 is 4.74 Å². The number of benzene rings is 3. The predicted molar refractivity (Wildman–Crippen MR) is 117 cm³/mol. The van der Waals surface area contributed by atoms with Gasteiger partial charge >= 0.3 is 0 Å². The number of phenolic OH excluding ortho intramolecular Hbond substituents is 2. The summed E-state index contributed by atoms with van der Waals surface area (Å²) in [5.74, 6) is 1.78. The zero-order valence-corrected chi connectivity index (χ0v) is 16.4. The Bertz CT molecular complexity index is 1220. The number of aromatic hydroxyl groups is 2. The van der Waals surface area contributed by atoms with Crippen molar-refractivity contribution in [3.8, 4) is 33.4 Å². The van der Waals surface area contributed by atoms with Crippen molar-refractivity contribution in [2.75, 3.05) is 0 Å². The minimum atomic E-state index is 0.199. The highest BCUT2D eigenvalue weighted by Gasteiger charge is 2.17. The molecule has 144 valence electrons. The fourth-order valence-corrected chi connectivity index (χ4v) is 4.29. The van der Waals surface area contributed by atoms with E-state index in [9.17, 15) is 15.0 Å². The van der Waals surface area contributed by atoms with E-state index in [-0.39, 0.29) is 11.5 Å². The maximum atomic E-state index is 10.6. The van der Waals surface area contributed by atoms with Crippen LogP contribution in [0.3, 0.4) is 0 Å². The van der Waals surface area contributed by atoms with Gasteiger partial charge in [-0.3, -0.25) is 4.79 Å².